The first-order valence-corrected chi connectivity index (χ1v) is 6.45. The number of para-hydroxylation sites is 1. The number of amides is 1. The minimum absolute atomic E-state index is 0.0501. The number of hydrogen-bond acceptors (Lipinski definition) is 4. The second kappa shape index (κ2) is 6.38. The SMILES string of the molecule is CC(Oc1ccccc1C(=O)O)C(=O)N1CCOCC1. The smallest absolute Gasteiger partial charge is 0.339 e. The van der Waals surface area contributed by atoms with Gasteiger partial charge in [0.05, 0.1) is 13.2 Å². The summed E-state index contributed by atoms with van der Waals surface area (Å²) in [5, 5.41) is 9.07. The van der Waals surface area contributed by atoms with Gasteiger partial charge in [-0.1, -0.05) is 12.1 Å². The van der Waals surface area contributed by atoms with Gasteiger partial charge in [0.2, 0.25) is 0 Å². The summed E-state index contributed by atoms with van der Waals surface area (Å²) in [6.45, 7) is 3.73. The number of ether oxygens (including phenoxy) is 2. The molecule has 1 unspecified atom stereocenters. The van der Waals surface area contributed by atoms with Gasteiger partial charge in [0, 0.05) is 13.1 Å². The number of carbonyl (C=O) groups excluding carboxylic acids is 1. The van der Waals surface area contributed by atoms with Crippen molar-refractivity contribution in [2.75, 3.05) is 26.3 Å². The van der Waals surface area contributed by atoms with E-state index in [1.165, 1.54) is 6.07 Å². The highest BCUT2D eigenvalue weighted by atomic mass is 16.5. The number of carboxylic acids is 1. The summed E-state index contributed by atoms with van der Waals surface area (Å²) in [6.07, 6.45) is -0.728. The molecule has 0 aromatic heterocycles. The monoisotopic (exact) mass is 279 g/mol. The fourth-order valence-corrected chi connectivity index (χ4v) is 2.03. The molecule has 1 heterocycles. The summed E-state index contributed by atoms with van der Waals surface area (Å²) < 4.78 is 10.7. The molecule has 1 aliphatic heterocycles. The van der Waals surface area contributed by atoms with Crippen LogP contribution in [0.3, 0.4) is 0 Å². The number of hydrogen-bond donors (Lipinski definition) is 1. The van der Waals surface area contributed by atoms with E-state index in [0.29, 0.717) is 26.3 Å². The normalized spacial score (nSPS) is 16.6. The maximum atomic E-state index is 12.2. The van der Waals surface area contributed by atoms with E-state index in [2.05, 4.69) is 0 Å². The molecule has 6 nitrogen and oxygen atoms in total. The van der Waals surface area contributed by atoms with Gasteiger partial charge in [-0.05, 0) is 19.1 Å². The molecule has 1 aromatic rings. The molecule has 1 aliphatic rings. The maximum absolute atomic E-state index is 12.2. The van der Waals surface area contributed by atoms with Crippen LogP contribution >= 0.6 is 0 Å². The summed E-state index contributed by atoms with van der Waals surface area (Å²) in [7, 11) is 0. The van der Waals surface area contributed by atoms with Gasteiger partial charge in [0.15, 0.2) is 6.10 Å². The predicted molar refractivity (Wildman–Crippen MR) is 70.9 cm³/mol. The Morgan fingerprint density at radius 1 is 1.30 bits per heavy atom. The average Bonchev–Trinajstić information content (AvgIpc) is 2.47. The van der Waals surface area contributed by atoms with E-state index in [9.17, 15) is 9.59 Å². The molecule has 1 aromatic carbocycles. The fraction of sp³-hybridized carbons (Fsp3) is 0.429. The molecule has 6 heteroatoms. The number of carboxylic acid groups (broad SMARTS) is 1. The average molecular weight is 279 g/mol. The maximum Gasteiger partial charge on any atom is 0.339 e. The summed E-state index contributed by atoms with van der Waals surface area (Å²) in [5.74, 6) is -1.03. The van der Waals surface area contributed by atoms with Gasteiger partial charge in [0.25, 0.3) is 5.91 Å². The van der Waals surface area contributed by atoms with Gasteiger partial charge >= 0.3 is 5.97 Å². The molecule has 1 fully saturated rings. The van der Waals surface area contributed by atoms with Crippen LogP contribution in [-0.4, -0.2) is 54.3 Å². The molecule has 1 amide bonds. The highest BCUT2D eigenvalue weighted by Crippen LogP contribution is 2.20. The summed E-state index contributed by atoms with van der Waals surface area (Å²) >= 11 is 0. The van der Waals surface area contributed by atoms with Crippen molar-refractivity contribution in [3.8, 4) is 5.75 Å². The van der Waals surface area contributed by atoms with E-state index in [-0.39, 0.29) is 17.2 Å². The van der Waals surface area contributed by atoms with Crippen molar-refractivity contribution >= 4 is 11.9 Å². The van der Waals surface area contributed by atoms with Crippen molar-refractivity contribution in [3.05, 3.63) is 29.8 Å². The van der Waals surface area contributed by atoms with Crippen LogP contribution < -0.4 is 4.74 Å². The predicted octanol–water partition coefficient (Wildman–Crippen LogP) is 1.01. The van der Waals surface area contributed by atoms with Crippen molar-refractivity contribution in [3.63, 3.8) is 0 Å². The van der Waals surface area contributed by atoms with E-state index >= 15 is 0 Å². The molecular weight excluding hydrogens is 262 g/mol. The quantitative estimate of drug-likeness (QED) is 0.890. The number of benzene rings is 1. The van der Waals surface area contributed by atoms with Crippen molar-refractivity contribution in [2.24, 2.45) is 0 Å². The Hall–Kier alpha value is -2.08. The molecule has 0 radical (unpaired) electrons. The Kier molecular flexibility index (Phi) is 4.57. The van der Waals surface area contributed by atoms with Gasteiger partial charge in [-0.25, -0.2) is 4.79 Å². The van der Waals surface area contributed by atoms with Gasteiger partial charge in [0.1, 0.15) is 11.3 Å². The summed E-state index contributed by atoms with van der Waals surface area (Å²) in [5.41, 5.74) is 0.0501. The van der Waals surface area contributed by atoms with Crippen LogP contribution in [0.25, 0.3) is 0 Å². The largest absolute Gasteiger partial charge is 0.480 e. The number of carbonyl (C=O) groups is 2. The molecule has 1 N–H and O–H groups in total. The van der Waals surface area contributed by atoms with Crippen LogP contribution in [0, 0.1) is 0 Å². The lowest BCUT2D eigenvalue weighted by Gasteiger charge is -2.29. The molecule has 1 atom stereocenters. The third kappa shape index (κ3) is 3.27. The standard InChI is InChI=1S/C14H17NO5/c1-10(13(16)15-6-8-19-9-7-15)20-12-5-3-2-4-11(12)14(17)18/h2-5,10H,6-9H2,1H3,(H,17,18). The fourth-order valence-electron chi connectivity index (χ4n) is 2.03. The molecule has 2 rings (SSSR count). The zero-order valence-corrected chi connectivity index (χ0v) is 11.2. The number of aromatic carboxylic acids is 1. The summed E-state index contributed by atoms with van der Waals surface area (Å²) in [6, 6.07) is 6.29. The van der Waals surface area contributed by atoms with E-state index in [1.807, 2.05) is 0 Å². The van der Waals surface area contributed by atoms with Gasteiger partial charge in [-0.2, -0.15) is 0 Å². The second-order valence-electron chi connectivity index (χ2n) is 4.50. The van der Waals surface area contributed by atoms with Crippen molar-refractivity contribution in [1.82, 2.24) is 4.90 Å². The Morgan fingerprint density at radius 3 is 2.60 bits per heavy atom. The van der Waals surface area contributed by atoms with E-state index in [0.717, 1.165) is 0 Å². The summed E-state index contributed by atoms with van der Waals surface area (Å²) in [4.78, 5) is 24.9. The van der Waals surface area contributed by atoms with Crippen molar-refractivity contribution in [2.45, 2.75) is 13.0 Å². The Labute approximate surface area is 116 Å². The molecule has 20 heavy (non-hydrogen) atoms. The number of rotatable bonds is 4. The zero-order valence-electron chi connectivity index (χ0n) is 11.2. The van der Waals surface area contributed by atoms with Crippen LogP contribution in [0.4, 0.5) is 0 Å². The van der Waals surface area contributed by atoms with Crippen LogP contribution in [0.15, 0.2) is 24.3 Å². The van der Waals surface area contributed by atoms with E-state index in [4.69, 9.17) is 14.6 Å². The minimum Gasteiger partial charge on any atom is -0.480 e. The van der Waals surface area contributed by atoms with Gasteiger partial charge in [-0.3, -0.25) is 4.79 Å². The third-order valence-electron chi connectivity index (χ3n) is 3.09. The first-order valence-electron chi connectivity index (χ1n) is 6.45. The molecule has 0 spiro atoms. The first kappa shape index (κ1) is 14.3. The third-order valence-corrected chi connectivity index (χ3v) is 3.09. The Bertz CT molecular complexity index is 496. The molecular formula is C14H17NO5. The molecule has 0 aliphatic carbocycles. The van der Waals surface area contributed by atoms with Crippen molar-refractivity contribution in [1.29, 1.82) is 0 Å². The van der Waals surface area contributed by atoms with Gasteiger partial charge in [-0.15, -0.1) is 0 Å². The van der Waals surface area contributed by atoms with E-state index in [1.54, 1.807) is 30.0 Å². The van der Waals surface area contributed by atoms with Crippen LogP contribution in [-0.2, 0) is 9.53 Å². The van der Waals surface area contributed by atoms with E-state index < -0.39 is 12.1 Å². The lowest BCUT2D eigenvalue weighted by molar-refractivity contribution is -0.142. The van der Waals surface area contributed by atoms with Crippen LogP contribution in [0.1, 0.15) is 17.3 Å². The van der Waals surface area contributed by atoms with Gasteiger partial charge < -0.3 is 19.5 Å². The Morgan fingerprint density at radius 2 is 1.95 bits per heavy atom. The molecule has 0 saturated carbocycles. The van der Waals surface area contributed by atoms with Crippen LogP contribution in [0.5, 0.6) is 5.75 Å². The number of nitrogens with zero attached hydrogens (tertiary/aromatic N) is 1. The first-order chi connectivity index (χ1) is 9.59. The lowest BCUT2D eigenvalue weighted by Crippen LogP contribution is -2.46. The second-order valence-corrected chi connectivity index (χ2v) is 4.50. The zero-order chi connectivity index (χ0) is 14.5. The highest BCUT2D eigenvalue weighted by molar-refractivity contribution is 5.91. The minimum atomic E-state index is -1.08. The topological polar surface area (TPSA) is 76.1 Å². The number of morpholine rings is 1. The highest BCUT2D eigenvalue weighted by Gasteiger charge is 2.25. The molecule has 1 saturated heterocycles. The van der Waals surface area contributed by atoms with Crippen molar-refractivity contribution < 1.29 is 24.2 Å². The lowest BCUT2D eigenvalue weighted by atomic mass is 10.2. The van der Waals surface area contributed by atoms with Crippen LogP contribution in [0.2, 0.25) is 0 Å². The molecule has 108 valence electrons. The molecule has 0 bridgehead atoms. The Balaban J connectivity index is 2.05.